The second-order valence-electron chi connectivity index (χ2n) is 5.17. The number of aromatic nitrogens is 1. The first-order valence-corrected chi connectivity index (χ1v) is 8.35. The molecule has 0 unspecified atom stereocenters. The van der Waals surface area contributed by atoms with Crippen LogP contribution < -0.4 is 4.72 Å². The van der Waals surface area contributed by atoms with Crippen molar-refractivity contribution >= 4 is 21.1 Å². The molecule has 0 aliphatic carbocycles. The molecule has 1 aromatic heterocycles. The number of fused-ring (bicyclic) bond motifs is 1. The van der Waals surface area contributed by atoms with Gasteiger partial charge in [0.1, 0.15) is 5.52 Å². The number of sulfonamides is 1. The van der Waals surface area contributed by atoms with Crippen LogP contribution in [0.5, 0.6) is 0 Å². The highest BCUT2D eigenvalue weighted by Crippen LogP contribution is 2.20. The van der Waals surface area contributed by atoms with Crippen molar-refractivity contribution < 1.29 is 12.8 Å². The zero-order valence-corrected chi connectivity index (χ0v) is 13.1. The fourth-order valence-corrected chi connectivity index (χ4v) is 3.19. The Morgan fingerprint density at radius 2 is 1.82 bits per heavy atom. The van der Waals surface area contributed by atoms with E-state index < -0.39 is 10.0 Å². The molecular weight excluding hydrogens is 300 g/mol. The maximum Gasteiger partial charge on any atom is 0.241 e. The first-order chi connectivity index (χ1) is 10.4. The molecule has 0 atom stereocenters. The van der Waals surface area contributed by atoms with Crippen LogP contribution in [-0.4, -0.2) is 13.4 Å². The van der Waals surface area contributed by atoms with Crippen molar-refractivity contribution in [2.75, 3.05) is 0 Å². The van der Waals surface area contributed by atoms with Gasteiger partial charge in [0.05, 0.1) is 4.90 Å². The second-order valence-corrected chi connectivity index (χ2v) is 6.94. The van der Waals surface area contributed by atoms with Crippen LogP contribution in [0.3, 0.4) is 0 Å². The molecule has 0 aliphatic rings. The van der Waals surface area contributed by atoms with Crippen molar-refractivity contribution in [3.8, 4) is 0 Å². The summed E-state index contributed by atoms with van der Waals surface area (Å²) in [7, 11) is -3.59. The van der Waals surface area contributed by atoms with E-state index >= 15 is 0 Å². The van der Waals surface area contributed by atoms with Crippen LogP contribution in [0.4, 0.5) is 0 Å². The molecule has 2 aromatic carbocycles. The molecular formula is C16H16N2O3S. The Labute approximate surface area is 129 Å². The van der Waals surface area contributed by atoms with Crippen LogP contribution >= 0.6 is 0 Å². The Hall–Kier alpha value is -2.18. The van der Waals surface area contributed by atoms with E-state index in [2.05, 4.69) is 9.71 Å². The molecule has 6 heteroatoms. The number of hydrogen-bond donors (Lipinski definition) is 1. The summed E-state index contributed by atoms with van der Waals surface area (Å²) in [6.45, 7) is 3.96. The van der Waals surface area contributed by atoms with Crippen LogP contribution in [0.1, 0.15) is 17.0 Å². The van der Waals surface area contributed by atoms with Crippen molar-refractivity contribution in [1.82, 2.24) is 9.71 Å². The lowest BCUT2D eigenvalue weighted by atomic mass is 10.2. The second kappa shape index (κ2) is 5.55. The van der Waals surface area contributed by atoms with E-state index in [0.717, 1.165) is 11.1 Å². The van der Waals surface area contributed by atoms with E-state index in [1.165, 1.54) is 12.1 Å². The zero-order chi connectivity index (χ0) is 15.7. The largest absolute Gasteiger partial charge is 0.441 e. The molecule has 0 fully saturated rings. The highest BCUT2D eigenvalue weighted by molar-refractivity contribution is 7.89. The van der Waals surface area contributed by atoms with Gasteiger partial charge in [-0.25, -0.2) is 18.1 Å². The normalized spacial score (nSPS) is 11.9. The molecule has 1 N–H and O–H groups in total. The van der Waals surface area contributed by atoms with E-state index in [-0.39, 0.29) is 11.4 Å². The fraction of sp³-hybridized carbons (Fsp3) is 0.188. The van der Waals surface area contributed by atoms with Crippen LogP contribution in [-0.2, 0) is 16.6 Å². The highest BCUT2D eigenvalue weighted by Gasteiger charge is 2.15. The lowest BCUT2D eigenvalue weighted by Gasteiger charge is -2.07. The highest BCUT2D eigenvalue weighted by atomic mass is 32.2. The van der Waals surface area contributed by atoms with Gasteiger partial charge in [-0.1, -0.05) is 29.8 Å². The minimum atomic E-state index is -3.59. The molecule has 3 aromatic rings. The third-order valence-electron chi connectivity index (χ3n) is 3.36. The lowest BCUT2D eigenvalue weighted by Crippen LogP contribution is -2.23. The number of benzene rings is 2. The van der Waals surface area contributed by atoms with Crippen LogP contribution in [0.25, 0.3) is 11.1 Å². The average Bonchev–Trinajstić information content (AvgIpc) is 2.86. The Morgan fingerprint density at radius 1 is 1.09 bits per heavy atom. The van der Waals surface area contributed by atoms with E-state index in [4.69, 9.17) is 4.42 Å². The van der Waals surface area contributed by atoms with Gasteiger partial charge in [-0.2, -0.15) is 0 Å². The summed E-state index contributed by atoms with van der Waals surface area (Å²) in [6.07, 6.45) is 0. The third-order valence-corrected chi connectivity index (χ3v) is 4.76. The molecule has 1 heterocycles. The Balaban J connectivity index is 1.82. The maximum atomic E-state index is 12.3. The molecule has 0 spiro atoms. The molecule has 0 bridgehead atoms. The summed E-state index contributed by atoms with van der Waals surface area (Å²) >= 11 is 0. The summed E-state index contributed by atoms with van der Waals surface area (Å²) in [5.41, 5.74) is 3.16. The third kappa shape index (κ3) is 3.03. The fourth-order valence-electron chi connectivity index (χ4n) is 2.15. The van der Waals surface area contributed by atoms with Gasteiger partial charge in [-0.05, 0) is 24.6 Å². The molecule has 5 nitrogen and oxygen atoms in total. The summed E-state index contributed by atoms with van der Waals surface area (Å²) in [6, 6.07) is 12.4. The maximum absolute atomic E-state index is 12.3. The molecule has 114 valence electrons. The standard InChI is InChI=1S/C16H16N2O3S/c1-11-3-5-13(6-4-11)10-17-22(19,20)14-7-8-15-16(9-14)21-12(2)18-15/h3-9,17H,10H2,1-2H3. The van der Waals surface area contributed by atoms with E-state index in [1.807, 2.05) is 31.2 Å². The topological polar surface area (TPSA) is 72.2 Å². The minimum Gasteiger partial charge on any atom is -0.441 e. The number of oxazole rings is 1. The summed E-state index contributed by atoms with van der Waals surface area (Å²) in [5, 5.41) is 0. The van der Waals surface area contributed by atoms with Gasteiger partial charge in [-0.3, -0.25) is 0 Å². The van der Waals surface area contributed by atoms with Gasteiger partial charge in [0.2, 0.25) is 10.0 Å². The smallest absolute Gasteiger partial charge is 0.241 e. The summed E-state index contributed by atoms with van der Waals surface area (Å²) in [5.74, 6) is 0.511. The summed E-state index contributed by atoms with van der Waals surface area (Å²) in [4.78, 5) is 4.33. The van der Waals surface area contributed by atoms with E-state index in [9.17, 15) is 8.42 Å². The molecule has 22 heavy (non-hydrogen) atoms. The Kier molecular flexibility index (Phi) is 3.72. The molecule has 0 amide bonds. The molecule has 0 aliphatic heterocycles. The van der Waals surface area contributed by atoms with Gasteiger partial charge in [-0.15, -0.1) is 0 Å². The first-order valence-electron chi connectivity index (χ1n) is 6.86. The molecule has 0 saturated carbocycles. The summed E-state index contributed by atoms with van der Waals surface area (Å²) < 4.78 is 32.7. The van der Waals surface area contributed by atoms with Crippen molar-refractivity contribution in [2.45, 2.75) is 25.3 Å². The molecule has 0 saturated heterocycles. The van der Waals surface area contributed by atoms with Gasteiger partial charge in [0.15, 0.2) is 11.5 Å². The van der Waals surface area contributed by atoms with E-state index in [0.29, 0.717) is 17.0 Å². The van der Waals surface area contributed by atoms with Gasteiger partial charge in [0.25, 0.3) is 0 Å². The predicted molar refractivity (Wildman–Crippen MR) is 84.0 cm³/mol. The Bertz CT molecular complexity index is 912. The van der Waals surface area contributed by atoms with Crippen LogP contribution in [0.2, 0.25) is 0 Å². The minimum absolute atomic E-state index is 0.170. The van der Waals surface area contributed by atoms with Crippen LogP contribution in [0, 0.1) is 13.8 Å². The average molecular weight is 316 g/mol. The SMILES string of the molecule is Cc1ccc(CNS(=O)(=O)c2ccc3nc(C)oc3c2)cc1. The number of aryl methyl sites for hydroxylation is 2. The number of hydrogen-bond acceptors (Lipinski definition) is 4. The quantitative estimate of drug-likeness (QED) is 0.803. The van der Waals surface area contributed by atoms with Gasteiger partial charge < -0.3 is 4.42 Å². The zero-order valence-electron chi connectivity index (χ0n) is 12.3. The lowest BCUT2D eigenvalue weighted by molar-refractivity contribution is 0.558. The van der Waals surface area contributed by atoms with Crippen molar-refractivity contribution in [3.05, 3.63) is 59.5 Å². The van der Waals surface area contributed by atoms with E-state index in [1.54, 1.807) is 13.0 Å². The van der Waals surface area contributed by atoms with Crippen molar-refractivity contribution in [3.63, 3.8) is 0 Å². The first kappa shape index (κ1) is 14.7. The number of nitrogens with zero attached hydrogens (tertiary/aromatic N) is 1. The molecule has 3 rings (SSSR count). The van der Waals surface area contributed by atoms with Gasteiger partial charge in [0, 0.05) is 19.5 Å². The monoisotopic (exact) mass is 316 g/mol. The number of nitrogens with one attached hydrogen (secondary N) is 1. The van der Waals surface area contributed by atoms with Crippen molar-refractivity contribution in [2.24, 2.45) is 0 Å². The molecule has 0 radical (unpaired) electrons. The van der Waals surface area contributed by atoms with Crippen LogP contribution in [0.15, 0.2) is 51.8 Å². The number of rotatable bonds is 4. The predicted octanol–water partition coefficient (Wildman–Crippen LogP) is 2.92. The van der Waals surface area contributed by atoms with Gasteiger partial charge >= 0.3 is 0 Å². The Morgan fingerprint density at radius 3 is 2.55 bits per heavy atom. The van der Waals surface area contributed by atoms with Crippen molar-refractivity contribution in [1.29, 1.82) is 0 Å².